The van der Waals surface area contributed by atoms with Gasteiger partial charge in [0.1, 0.15) is 0 Å². The molecule has 0 aliphatic carbocycles. The first-order valence-electron chi connectivity index (χ1n) is 0. The van der Waals surface area contributed by atoms with Gasteiger partial charge in [-0.1, -0.05) is 0 Å². The van der Waals surface area contributed by atoms with Gasteiger partial charge in [-0.25, -0.2) is 0 Å². The highest BCUT2D eigenvalue weighted by Crippen LogP contribution is 0.691. The molecule has 0 aliphatic rings. The van der Waals surface area contributed by atoms with Crippen LogP contribution in [0.1, 0.15) is 0 Å². The Kier molecular flexibility index (Phi) is 12100. The van der Waals surface area contributed by atoms with Crippen LogP contribution in [0.15, 0.2) is 0 Å². The molecule has 0 aromatic rings. The van der Waals surface area contributed by atoms with E-state index in [9.17, 15) is 0 Å². The maximum absolute atomic E-state index is 0. The van der Waals surface area contributed by atoms with Gasteiger partial charge >= 0.3 is 46.1 Å². The predicted molar refractivity (Wildman–Crippen MR) is 53.3 cm³/mol. The van der Waals surface area contributed by atoms with Crippen molar-refractivity contribution in [3.05, 3.63) is 0 Å². The highest BCUT2D eigenvalue weighted by molar-refractivity contribution is 5.85. The SMILES string of the molecule is Cl.Cl.O.O.O.O.O.O.[MgH2].[MgH2]. The van der Waals surface area contributed by atoms with E-state index in [-0.39, 0.29) is 104 Å². The topological polar surface area (TPSA) is 189 Å². The van der Waals surface area contributed by atoms with Crippen LogP contribution in [0.2, 0.25) is 0 Å². The number of hydrogen-bond donors (Lipinski definition) is 0. The van der Waals surface area contributed by atoms with Crippen LogP contribution in [0.5, 0.6) is 0 Å². The maximum atomic E-state index is 0. The molecular weight excluding hydrogens is 216 g/mol. The first-order valence-corrected chi connectivity index (χ1v) is 0. The summed E-state index contributed by atoms with van der Waals surface area (Å²) in [6.45, 7) is 0. The van der Waals surface area contributed by atoms with Crippen molar-refractivity contribution in [2.24, 2.45) is 0 Å². The molecule has 0 heterocycles. The van der Waals surface area contributed by atoms with Crippen LogP contribution in [-0.2, 0) is 0 Å². The van der Waals surface area contributed by atoms with Crippen molar-refractivity contribution in [1.82, 2.24) is 0 Å². The molecule has 0 unspecified atom stereocenters. The molecule has 0 saturated heterocycles. The molecule has 0 radical (unpaired) electrons. The van der Waals surface area contributed by atoms with Crippen LogP contribution < -0.4 is 0 Å². The zero-order chi connectivity index (χ0) is 0. The van der Waals surface area contributed by atoms with Crippen LogP contribution >= 0.6 is 24.8 Å². The molecule has 10 heteroatoms. The summed E-state index contributed by atoms with van der Waals surface area (Å²) < 4.78 is 0. The van der Waals surface area contributed by atoms with E-state index >= 15 is 0 Å². The summed E-state index contributed by atoms with van der Waals surface area (Å²) in [5, 5.41) is 0. The summed E-state index contributed by atoms with van der Waals surface area (Å²) in [5.41, 5.74) is 0. The average molecular weight is 234 g/mol. The fourth-order valence-electron chi connectivity index (χ4n) is 0. The molecule has 72 valence electrons. The van der Waals surface area contributed by atoms with Gasteiger partial charge in [-0.2, -0.15) is 0 Å². The minimum absolute atomic E-state index is 0. The van der Waals surface area contributed by atoms with Gasteiger partial charge in [0.2, 0.25) is 0 Å². The van der Waals surface area contributed by atoms with Gasteiger partial charge in [-0.3, -0.25) is 0 Å². The van der Waals surface area contributed by atoms with Gasteiger partial charge in [0.05, 0.1) is 0 Å². The molecule has 0 aromatic heterocycles. The summed E-state index contributed by atoms with van der Waals surface area (Å²) in [4.78, 5) is 0. The summed E-state index contributed by atoms with van der Waals surface area (Å²) in [7, 11) is 0. The molecule has 0 atom stereocenters. The number of hydrogen-bond acceptors (Lipinski definition) is 0. The summed E-state index contributed by atoms with van der Waals surface area (Å²) in [6, 6.07) is 0. The van der Waals surface area contributed by atoms with Crippen molar-refractivity contribution in [2.45, 2.75) is 0 Å². The van der Waals surface area contributed by atoms with Crippen molar-refractivity contribution in [3.8, 4) is 0 Å². The standard InChI is InChI=1S/2ClH.2Mg.6H2O.4H/h2*1H;;;6*1H2;;;;. The molecule has 0 rings (SSSR count). The van der Waals surface area contributed by atoms with E-state index in [0.717, 1.165) is 0 Å². The van der Waals surface area contributed by atoms with E-state index in [1.807, 2.05) is 0 Å². The lowest BCUT2D eigenvalue weighted by Crippen LogP contribution is -0.382. The Balaban J connectivity index is 0. The molecule has 10 heavy (non-hydrogen) atoms. The van der Waals surface area contributed by atoms with E-state index in [1.54, 1.807) is 0 Å². The van der Waals surface area contributed by atoms with Gasteiger partial charge in [-0.15, -0.1) is 24.8 Å². The molecule has 12 N–H and O–H groups in total. The fourth-order valence-corrected chi connectivity index (χ4v) is 0. The predicted octanol–water partition coefficient (Wildman–Crippen LogP) is -5.94. The van der Waals surface area contributed by atoms with Crippen LogP contribution in [0, 0.1) is 0 Å². The minimum Gasteiger partial charge on any atom is -0.412 e. The maximum Gasteiger partial charge on any atom is 0.316 e. The van der Waals surface area contributed by atoms with Crippen molar-refractivity contribution in [3.63, 3.8) is 0 Å². The zero-order valence-electron chi connectivity index (χ0n) is 3.82. The highest BCUT2D eigenvalue weighted by atomic mass is 35.5. The van der Waals surface area contributed by atoms with Gasteiger partial charge in [0, 0.05) is 0 Å². The minimum atomic E-state index is 0. The lowest BCUT2D eigenvalue weighted by atomic mass is 16.0. The monoisotopic (exact) mass is 232 g/mol. The Hall–Kier alpha value is 1.87. The largest absolute Gasteiger partial charge is 0.412 e. The van der Waals surface area contributed by atoms with Gasteiger partial charge in [0.15, 0.2) is 0 Å². The quantitative estimate of drug-likeness (QED) is 0.360. The molecule has 0 amide bonds. The fraction of sp³-hybridized carbons (Fsp3) is 0. The molecule has 0 saturated carbocycles. The van der Waals surface area contributed by atoms with E-state index in [2.05, 4.69) is 0 Å². The van der Waals surface area contributed by atoms with E-state index < -0.39 is 0 Å². The Morgan fingerprint density at radius 3 is 0.300 bits per heavy atom. The smallest absolute Gasteiger partial charge is 0.316 e. The average Bonchev–Trinajstić information content (AvgIpc) is 0. The summed E-state index contributed by atoms with van der Waals surface area (Å²) >= 11 is 0. The lowest BCUT2D eigenvalue weighted by Gasteiger charge is -0.413. The third-order valence-corrected chi connectivity index (χ3v) is 0. The zero-order valence-corrected chi connectivity index (χ0v) is 5.45. The first-order chi connectivity index (χ1) is 0. The lowest BCUT2D eigenvalue weighted by molar-refractivity contribution is 0.823. The second-order valence-corrected chi connectivity index (χ2v) is 0. The van der Waals surface area contributed by atoms with Crippen LogP contribution in [0.4, 0.5) is 0 Å². The molecule has 0 aliphatic heterocycles. The molecule has 0 aromatic carbocycles. The first kappa shape index (κ1) is 400. The summed E-state index contributed by atoms with van der Waals surface area (Å²) in [5.74, 6) is 0. The Morgan fingerprint density at radius 1 is 0.300 bits per heavy atom. The number of halogens is 2. The molecule has 0 fully saturated rings. The van der Waals surface area contributed by atoms with Crippen molar-refractivity contribution in [1.29, 1.82) is 0 Å². The van der Waals surface area contributed by atoms with E-state index in [0.29, 0.717) is 0 Å². The van der Waals surface area contributed by atoms with Gasteiger partial charge < -0.3 is 32.9 Å². The Morgan fingerprint density at radius 2 is 0.300 bits per heavy atom. The Labute approximate surface area is 103 Å². The third-order valence-electron chi connectivity index (χ3n) is 0. The molecular formula is H18Cl2Mg2O6. The third kappa shape index (κ3) is 222. The van der Waals surface area contributed by atoms with Crippen molar-refractivity contribution in [2.75, 3.05) is 0 Å². The normalized spacial score (nSPS) is 0. The van der Waals surface area contributed by atoms with Crippen LogP contribution in [0.25, 0.3) is 0 Å². The molecule has 0 spiro atoms. The van der Waals surface area contributed by atoms with Gasteiger partial charge in [-0.05, 0) is 0 Å². The second-order valence-electron chi connectivity index (χ2n) is 0. The second kappa shape index (κ2) is 302. The van der Waals surface area contributed by atoms with E-state index in [1.165, 1.54) is 0 Å². The Bertz CT molecular complexity index is 13.7. The molecule has 6 nitrogen and oxygen atoms in total. The summed E-state index contributed by atoms with van der Waals surface area (Å²) in [6.07, 6.45) is 0. The number of rotatable bonds is 0. The van der Waals surface area contributed by atoms with Crippen molar-refractivity contribution >= 4 is 70.9 Å². The highest BCUT2D eigenvalue weighted by Gasteiger charge is 0.317. The van der Waals surface area contributed by atoms with E-state index in [4.69, 9.17) is 0 Å². The van der Waals surface area contributed by atoms with Crippen LogP contribution in [-0.4, -0.2) is 79.0 Å². The van der Waals surface area contributed by atoms with Crippen molar-refractivity contribution < 1.29 is 32.9 Å². The molecule has 0 bridgehead atoms. The van der Waals surface area contributed by atoms with Crippen LogP contribution in [0.3, 0.4) is 0 Å². The van der Waals surface area contributed by atoms with Gasteiger partial charge in [0.25, 0.3) is 0 Å².